The van der Waals surface area contributed by atoms with Crippen molar-refractivity contribution < 1.29 is 31.5 Å². The van der Waals surface area contributed by atoms with Crippen LogP contribution in [0, 0.1) is 17.5 Å². The zero-order valence-electron chi connectivity index (χ0n) is 18.4. The molecule has 2 aromatic carbocycles. The standard InChI is InChI=1S/C22H21F3N4O4S2/c1-13(28-6-3-7-28)15-4-2-5-17(23)16(15)10-26-14-8-18(24)21(19(25)9-14)35(32,33)29(22(30)31)20-11-34-12-27-20/h2,4-5,8-9,11-13,26H,3,6-7,10H2,1H3,(H,30,31)/t13-/m0/s1. The normalized spacial score (nSPS) is 14.9. The predicted octanol–water partition coefficient (Wildman–Crippen LogP) is 4.81. The molecule has 0 aliphatic carbocycles. The van der Waals surface area contributed by atoms with Crippen LogP contribution >= 0.6 is 11.3 Å². The van der Waals surface area contributed by atoms with E-state index in [1.165, 1.54) is 11.6 Å². The molecule has 1 fully saturated rings. The van der Waals surface area contributed by atoms with Gasteiger partial charge in [-0.25, -0.2) is 31.4 Å². The Kier molecular flexibility index (Phi) is 7.01. The molecule has 3 aromatic rings. The van der Waals surface area contributed by atoms with Crippen molar-refractivity contribution in [3.8, 4) is 0 Å². The molecule has 1 atom stereocenters. The molecule has 1 amide bonds. The van der Waals surface area contributed by atoms with Crippen LogP contribution in [-0.2, 0) is 16.6 Å². The zero-order valence-corrected chi connectivity index (χ0v) is 20.0. The average Bonchev–Trinajstić information content (AvgIpc) is 3.24. The molecule has 2 N–H and O–H groups in total. The Morgan fingerprint density at radius 1 is 1.23 bits per heavy atom. The van der Waals surface area contributed by atoms with Gasteiger partial charge in [0.2, 0.25) is 0 Å². The van der Waals surface area contributed by atoms with E-state index in [1.54, 1.807) is 12.1 Å². The number of aromatic nitrogens is 1. The van der Waals surface area contributed by atoms with Gasteiger partial charge in [-0.2, -0.15) is 0 Å². The van der Waals surface area contributed by atoms with Gasteiger partial charge in [-0.1, -0.05) is 12.1 Å². The van der Waals surface area contributed by atoms with Crippen LogP contribution < -0.4 is 9.62 Å². The molecule has 0 spiro atoms. The number of amides is 1. The van der Waals surface area contributed by atoms with Crippen molar-refractivity contribution in [1.82, 2.24) is 9.88 Å². The molecule has 1 saturated heterocycles. The van der Waals surface area contributed by atoms with E-state index in [0.717, 1.165) is 53.9 Å². The lowest BCUT2D eigenvalue weighted by atomic mass is 9.97. The number of carbonyl (C=O) groups is 1. The van der Waals surface area contributed by atoms with Crippen LogP contribution in [0.5, 0.6) is 0 Å². The highest BCUT2D eigenvalue weighted by Crippen LogP contribution is 2.32. The Hall–Kier alpha value is -3.16. The molecule has 13 heteroatoms. The number of sulfonamides is 1. The van der Waals surface area contributed by atoms with Crippen molar-refractivity contribution in [2.45, 2.75) is 30.8 Å². The molecule has 8 nitrogen and oxygen atoms in total. The number of benzene rings is 2. The molecule has 1 aliphatic rings. The number of thiazole rings is 1. The Bertz CT molecular complexity index is 1330. The van der Waals surface area contributed by atoms with E-state index >= 15 is 0 Å². The van der Waals surface area contributed by atoms with Crippen LogP contribution in [0.15, 0.2) is 46.1 Å². The lowest BCUT2D eigenvalue weighted by Crippen LogP contribution is -2.39. The van der Waals surface area contributed by atoms with Gasteiger partial charge in [-0.05, 0) is 50.2 Å². The van der Waals surface area contributed by atoms with E-state index in [4.69, 9.17) is 0 Å². The highest BCUT2D eigenvalue weighted by Gasteiger charge is 2.37. The summed E-state index contributed by atoms with van der Waals surface area (Å²) in [5.41, 5.74) is 2.10. The second kappa shape index (κ2) is 9.84. The maximum absolute atomic E-state index is 14.9. The lowest BCUT2D eigenvalue weighted by Gasteiger charge is -2.37. The van der Waals surface area contributed by atoms with Crippen molar-refractivity contribution in [3.63, 3.8) is 0 Å². The Balaban J connectivity index is 1.62. The molecule has 0 saturated carbocycles. The molecule has 2 heterocycles. The molecule has 186 valence electrons. The number of carboxylic acid groups (broad SMARTS) is 1. The zero-order chi connectivity index (χ0) is 25.3. The number of hydrogen-bond donors (Lipinski definition) is 2. The summed E-state index contributed by atoms with van der Waals surface area (Å²) in [6.45, 7) is 3.63. The van der Waals surface area contributed by atoms with E-state index in [1.807, 2.05) is 6.92 Å². The number of hydrogen-bond acceptors (Lipinski definition) is 7. The first-order valence-corrected chi connectivity index (χ1v) is 12.9. The van der Waals surface area contributed by atoms with Crippen LogP contribution in [0.25, 0.3) is 0 Å². The summed E-state index contributed by atoms with van der Waals surface area (Å²) in [5.74, 6) is -4.00. The van der Waals surface area contributed by atoms with Gasteiger partial charge in [0.15, 0.2) is 10.7 Å². The minimum absolute atomic E-state index is 0.0510. The fourth-order valence-corrected chi connectivity index (χ4v) is 5.83. The van der Waals surface area contributed by atoms with Gasteiger partial charge in [0.25, 0.3) is 10.0 Å². The summed E-state index contributed by atoms with van der Waals surface area (Å²) >= 11 is 0.911. The minimum Gasteiger partial charge on any atom is -0.464 e. The Labute approximate surface area is 203 Å². The van der Waals surface area contributed by atoms with E-state index in [2.05, 4.69) is 15.2 Å². The molecule has 1 aliphatic heterocycles. The third-order valence-corrected chi connectivity index (χ3v) is 8.11. The highest BCUT2D eigenvalue weighted by atomic mass is 32.2. The maximum Gasteiger partial charge on any atom is 0.427 e. The van der Waals surface area contributed by atoms with E-state index in [0.29, 0.717) is 5.56 Å². The van der Waals surface area contributed by atoms with Crippen molar-refractivity contribution in [1.29, 1.82) is 0 Å². The van der Waals surface area contributed by atoms with E-state index < -0.39 is 44.3 Å². The van der Waals surface area contributed by atoms with Crippen LogP contribution in [0.1, 0.15) is 30.5 Å². The van der Waals surface area contributed by atoms with Crippen molar-refractivity contribution in [2.24, 2.45) is 0 Å². The number of nitrogens with zero attached hydrogens (tertiary/aromatic N) is 3. The van der Waals surface area contributed by atoms with Gasteiger partial charge >= 0.3 is 6.09 Å². The molecule has 35 heavy (non-hydrogen) atoms. The van der Waals surface area contributed by atoms with E-state index in [-0.39, 0.29) is 22.6 Å². The Morgan fingerprint density at radius 2 is 1.91 bits per heavy atom. The number of anilines is 2. The second-order valence-electron chi connectivity index (χ2n) is 7.89. The van der Waals surface area contributed by atoms with Gasteiger partial charge in [0.1, 0.15) is 17.5 Å². The van der Waals surface area contributed by atoms with Crippen molar-refractivity contribution in [2.75, 3.05) is 22.7 Å². The number of rotatable bonds is 8. The summed E-state index contributed by atoms with van der Waals surface area (Å²) in [4.78, 5) is 15.9. The molecule has 0 bridgehead atoms. The second-order valence-corrected chi connectivity index (χ2v) is 10.3. The predicted molar refractivity (Wildman–Crippen MR) is 124 cm³/mol. The molecule has 0 unspecified atom stereocenters. The van der Waals surface area contributed by atoms with Gasteiger partial charge in [-0.3, -0.25) is 4.90 Å². The summed E-state index contributed by atoms with van der Waals surface area (Å²) in [5, 5.41) is 13.2. The summed E-state index contributed by atoms with van der Waals surface area (Å²) in [6.07, 6.45) is -0.914. The van der Waals surface area contributed by atoms with Crippen molar-refractivity contribution >= 4 is 39.0 Å². The molecular formula is C22H21F3N4O4S2. The quantitative estimate of drug-likeness (QED) is 0.434. The maximum atomic E-state index is 14.9. The van der Waals surface area contributed by atoms with Crippen LogP contribution in [-0.4, -0.2) is 42.6 Å². The number of nitrogens with one attached hydrogen (secondary N) is 1. The molecule has 4 rings (SSSR count). The molecule has 0 radical (unpaired) electrons. The smallest absolute Gasteiger partial charge is 0.427 e. The first kappa shape index (κ1) is 24.9. The highest BCUT2D eigenvalue weighted by molar-refractivity contribution is 7.93. The first-order valence-electron chi connectivity index (χ1n) is 10.5. The van der Waals surface area contributed by atoms with E-state index in [9.17, 15) is 31.5 Å². The number of likely N-dealkylation sites (tertiary alicyclic amines) is 1. The lowest BCUT2D eigenvalue weighted by molar-refractivity contribution is 0.128. The monoisotopic (exact) mass is 526 g/mol. The molecular weight excluding hydrogens is 505 g/mol. The summed E-state index contributed by atoms with van der Waals surface area (Å²) in [7, 11) is -5.16. The third-order valence-electron chi connectivity index (χ3n) is 5.81. The largest absolute Gasteiger partial charge is 0.464 e. The van der Waals surface area contributed by atoms with Gasteiger partial charge < -0.3 is 10.4 Å². The first-order chi connectivity index (χ1) is 16.6. The topological polar surface area (TPSA) is 103 Å². The summed E-state index contributed by atoms with van der Waals surface area (Å²) < 4.78 is 69.8. The van der Waals surface area contributed by atoms with Gasteiger partial charge in [0, 0.05) is 29.2 Å². The average molecular weight is 527 g/mol. The Morgan fingerprint density at radius 3 is 2.46 bits per heavy atom. The fraction of sp³-hybridized carbons (Fsp3) is 0.273. The number of halogens is 3. The minimum atomic E-state index is -5.16. The van der Waals surface area contributed by atoms with Crippen LogP contribution in [0.2, 0.25) is 0 Å². The SMILES string of the molecule is C[C@@H](c1cccc(F)c1CNc1cc(F)c(S(=O)(=O)N(C(=O)O)c2cscn2)c(F)c1)N1CCC1. The van der Waals surface area contributed by atoms with Crippen molar-refractivity contribution in [3.05, 3.63) is 69.8 Å². The van der Waals surface area contributed by atoms with Gasteiger partial charge in [-0.15, -0.1) is 15.6 Å². The fourth-order valence-electron chi connectivity index (χ4n) is 3.90. The van der Waals surface area contributed by atoms with Gasteiger partial charge in [0.05, 0.1) is 5.51 Å². The van der Waals surface area contributed by atoms with Crippen LogP contribution in [0.4, 0.5) is 29.5 Å². The van der Waals surface area contributed by atoms with Crippen LogP contribution in [0.3, 0.4) is 0 Å². The third kappa shape index (κ3) is 4.83. The summed E-state index contributed by atoms with van der Waals surface area (Å²) in [6, 6.07) is 6.06. The molecule has 1 aromatic heterocycles.